The van der Waals surface area contributed by atoms with Gasteiger partial charge < -0.3 is 24.9 Å². The van der Waals surface area contributed by atoms with Crippen molar-refractivity contribution in [2.24, 2.45) is 0 Å². The predicted molar refractivity (Wildman–Crippen MR) is 101 cm³/mol. The molecule has 0 spiro atoms. The van der Waals surface area contributed by atoms with E-state index in [0.717, 1.165) is 4.73 Å². The number of ether oxygens (including phenoxy) is 3. The first kappa shape index (κ1) is 19.2. The summed E-state index contributed by atoms with van der Waals surface area (Å²) in [6.07, 6.45) is 0. The molecule has 0 aliphatic heterocycles. The Morgan fingerprint density at radius 1 is 1.19 bits per heavy atom. The second-order valence-electron chi connectivity index (χ2n) is 5.24. The zero-order valence-electron chi connectivity index (χ0n) is 14.4. The highest BCUT2D eigenvalue weighted by atomic mass is 79.9. The smallest absolute Gasteiger partial charge is 0.463 e. The van der Waals surface area contributed by atoms with Crippen molar-refractivity contribution in [1.29, 1.82) is 0 Å². The lowest BCUT2D eigenvalue weighted by atomic mass is 10.3. The molecule has 0 aliphatic rings. The van der Waals surface area contributed by atoms with Crippen LogP contribution in [0.25, 0.3) is 11.2 Å². The summed E-state index contributed by atoms with van der Waals surface area (Å²) in [6.45, 7) is -0.0878. The van der Waals surface area contributed by atoms with Crippen LogP contribution in [0.4, 0.5) is 5.95 Å². The maximum absolute atomic E-state index is 12.4. The molecule has 144 valence electrons. The Labute approximate surface area is 168 Å². The Morgan fingerprint density at radius 2 is 1.85 bits per heavy atom. The number of nitrogens with one attached hydrogen (secondary N) is 1. The maximum Gasteiger partial charge on any atom is 0.463 e. The quantitative estimate of drug-likeness (QED) is 0.262. The van der Waals surface area contributed by atoms with Gasteiger partial charge in [-0.3, -0.25) is 9.77 Å². The fraction of sp³-hybridized carbons (Fsp3) is 0.286. The molecule has 11 nitrogen and oxygen atoms in total. The summed E-state index contributed by atoms with van der Waals surface area (Å²) < 4.78 is 18.6. The number of methoxy groups -OCH3 is 3. The second-order valence-corrected chi connectivity index (χ2v) is 6.78. The third-order valence-electron chi connectivity index (χ3n) is 3.81. The number of anilines is 1. The molecule has 0 saturated carbocycles. The van der Waals surface area contributed by atoms with Crippen molar-refractivity contribution in [2.75, 3.05) is 27.1 Å². The van der Waals surface area contributed by atoms with Crippen molar-refractivity contribution in [3.63, 3.8) is 0 Å². The van der Waals surface area contributed by atoms with Crippen molar-refractivity contribution in [1.82, 2.24) is 19.5 Å². The van der Waals surface area contributed by atoms with Gasteiger partial charge >= 0.3 is 11.6 Å². The second kappa shape index (κ2) is 7.23. The van der Waals surface area contributed by atoms with Crippen LogP contribution in [0.5, 0.6) is 17.4 Å². The summed E-state index contributed by atoms with van der Waals surface area (Å²) in [4.78, 5) is 23.2. The van der Waals surface area contributed by atoms with E-state index in [-0.39, 0.29) is 41.2 Å². The highest BCUT2D eigenvalue weighted by molar-refractivity contribution is 9.11. The number of pyridine rings is 1. The molecule has 0 amide bonds. The number of fused-ring (bicyclic) bond motifs is 1. The van der Waals surface area contributed by atoms with E-state index in [1.165, 1.54) is 25.9 Å². The molecule has 0 unspecified atom stereocenters. The molecule has 3 aromatic heterocycles. The molecule has 3 heterocycles. The van der Waals surface area contributed by atoms with Gasteiger partial charge in [0.1, 0.15) is 21.1 Å². The predicted octanol–water partition coefficient (Wildman–Crippen LogP) is 0.826. The van der Waals surface area contributed by atoms with Gasteiger partial charge in [-0.05, 0) is 31.9 Å². The Hall–Kier alpha value is -2.54. The number of nitrogen functional groups attached to an aromatic ring is 1. The standard InChI is InChI=1S/C14H14Br2N6O5/c1-25-8-6(15)5(22(24)12(27-3)9(8)26-2)4-21-11-7(18-14(21)23)10(16)19-13(17)20-11/h4H2,1-3H3,(H3-,17,18,19,20,23,24)/p+1. The Bertz CT molecular complexity index is 1070. The van der Waals surface area contributed by atoms with Gasteiger partial charge in [-0.1, -0.05) is 0 Å². The monoisotopic (exact) mass is 505 g/mol. The largest absolute Gasteiger partial charge is 0.491 e. The topological polar surface area (TPSA) is 141 Å². The third kappa shape index (κ3) is 3.06. The molecule has 4 N–H and O–H groups in total. The molecular formula is C14H15Br2N6O5+. The number of rotatable bonds is 5. The molecule has 0 radical (unpaired) electrons. The highest BCUT2D eigenvalue weighted by Gasteiger charge is 2.34. The Balaban J connectivity index is 2.27. The lowest BCUT2D eigenvalue weighted by molar-refractivity contribution is -0.911. The van der Waals surface area contributed by atoms with Crippen LogP contribution in [0.1, 0.15) is 5.69 Å². The zero-order chi connectivity index (χ0) is 19.9. The van der Waals surface area contributed by atoms with Gasteiger partial charge in [0, 0.05) is 0 Å². The van der Waals surface area contributed by atoms with Crippen LogP contribution in [-0.2, 0) is 6.54 Å². The molecule has 27 heavy (non-hydrogen) atoms. The molecule has 0 atom stereocenters. The van der Waals surface area contributed by atoms with Crippen molar-refractivity contribution < 1.29 is 24.1 Å². The van der Waals surface area contributed by atoms with Crippen molar-refractivity contribution in [3.05, 3.63) is 25.3 Å². The summed E-state index contributed by atoms with van der Waals surface area (Å²) in [7, 11) is 4.22. The molecule has 0 bridgehead atoms. The van der Waals surface area contributed by atoms with Gasteiger partial charge in [0.15, 0.2) is 11.4 Å². The van der Waals surface area contributed by atoms with Gasteiger partial charge in [-0.15, -0.1) is 0 Å². The molecular weight excluding hydrogens is 492 g/mol. The lowest BCUT2D eigenvalue weighted by Gasteiger charge is -2.12. The van der Waals surface area contributed by atoms with Crippen molar-refractivity contribution in [2.45, 2.75) is 6.54 Å². The first-order valence-corrected chi connectivity index (χ1v) is 8.95. The summed E-state index contributed by atoms with van der Waals surface area (Å²) in [5.74, 6) is 0.454. The van der Waals surface area contributed by atoms with E-state index in [9.17, 15) is 10.0 Å². The minimum atomic E-state index is -0.466. The number of nitrogens with zero attached hydrogens (tertiary/aromatic N) is 4. The molecule has 0 fully saturated rings. The Morgan fingerprint density at radius 3 is 2.44 bits per heavy atom. The van der Waals surface area contributed by atoms with E-state index in [2.05, 4.69) is 46.8 Å². The van der Waals surface area contributed by atoms with Crippen LogP contribution in [0.15, 0.2) is 13.9 Å². The molecule has 3 aromatic rings. The molecule has 13 heteroatoms. The number of aromatic nitrogens is 5. The number of hydrogen-bond donors (Lipinski definition) is 3. The SMILES string of the molecule is COc1c(Br)c(Cn2c(=O)[nH]c3c(Br)nc(N)nc32)[n+](O)c(OC)c1OC. The molecule has 0 aliphatic carbocycles. The number of H-pyrrole nitrogens is 1. The van der Waals surface area contributed by atoms with E-state index in [1.807, 2.05) is 0 Å². The fourth-order valence-corrected chi connectivity index (χ4v) is 3.72. The average molecular weight is 507 g/mol. The van der Waals surface area contributed by atoms with Crippen LogP contribution >= 0.6 is 31.9 Å². The first-order chi connectivity index (χ1) is 12.8. The van der Waals surface area contributed by atoms with Gasteiger partial charge in [-0.2, -0.15) is 4.98 Å². The van der Waals surface area contributed by atoms with Crippen LogP contribution in [0.3, 0.4) is 0 Å². The van der Waals surface area contributed by atoms with Gasteiger partial charge in [-0.25, -0.2) is 9.78 Å². The van der Waals surface area contributed by atoms with E-state index >= 15 is 0 Å². The Kier molecular flexibility index (Phi) is 5.15. The van der Waals surface area contributed by atoms with Gasteiger partial charge in [0.2, 0.25) is 5.95 Å². The highest BCUT2D eigenvalue weighted by Crippen LogP contribution is 2.41. The fourth-order valence-electron chi connectivity index (χ4n) is 2.63. The molecule has 0 aromatic carbocycles. The minimum Gasteiger partial charge on any atom is -0.491 e. The van der Waals surface area contributed by atoms with E-state index in [4.69, 9.17) is 19.9 Å². The maximum atomic E-state index is 12.4. The third-order valence-corrected chi connectivity index (χ3v) is 5.20. The molecule has 0 saturated heterocycles. The van der Waals surface area contributed by atoms with Crippen molar-refractivity contribution >= 4 is 49.0 Å². The zero-order valence-corrected chi connectivity index (χ0v) is 17.6. The van der Waals surface area contributed by atoms with Crippen LogP contribution < -0.4 is 30.4 Å². The van der Waals surface area contributed by atoms with Crippen molar-refractivity contribution in [3.8, 4) is 17.4 Å². The summed E-state index contributed by atoms with van der Waals surface area (Å²) in [5, 5.41) is 10.6. The number of nitrogens with two attached hydrogens (primary N) is 1. The summed E-state index contributed by atoms with van der Waals surface area (Å²) in [6, 6.07) is 0. The van der Waals surface area contributed by atoms with E-state index < -0.39 is 5.69 Å². The van der Waals surface area contributed by atoms with Gasteiger partial charge in [0.25, 0.3) is 11.4 Å². The number of hydrogen-bond acceptors (Lipinski definition) is 8. The minimum absolute atomic E-state index is 0.00393. The van der Waals surface area contributed by atoms with Crippen LogP contribution in [0.2, 0.25) is 0 Å². The number of imidazole rings is 1. The first-order valence-electron chi connectivity index (χ1n) is 7.37. The number of halogens is 2. The number of aromatic amines is 1. The lowest BCUT2D eigenvalue weighted by Crippen LogP contribution is -2.40. The van der Waals surface area contributed by atoms with Gasteiger partial charge in [0.05, 0.1) is 26.1 Å². The summed E-state index contributed by atoms with van der Waals surface area (Å²) >= 11 is 6.62. The summed E-state index contributed by atoms with van der Waals surface area (Å²) in [5.41, 5.74) is 6.11. The van der Waals surface area contributed by atoms with E-state index in [0.29, 0.717) is 14.6 Å². The van der Waals surface area contributed by atoms with Crippen LogP contribution in [0, 0.1) is 0 Å². The van der Waals surface area contributed by atoms with Crippen LogP contribution in [-0.4, -0.2) is 46.1 Å². The normalized spacial score (nSPS) is 11.0. The van der Waals surface area contributed by atoms with E-state index in [1.54, 1.807) is 0 Å². The average Bonchev–Trinajstić information content (AvgIpc) is 2.94. The molecule has 3 rings (SSSR count).